The summed E-state index contributed by atoms with van der Waals surface area (Å²) in [7, 11) is 0. The van der Waals surface area contributed by atoms with E-state index in [0.717, 1.165) is 36.5 Å². The molecule has 2 aromatic carbocycles. The molecule has 1 saturated heterocycles. The van der Waals surface area contributed by atoms with E-state index in [9.17, 15) is 14.7 Å². The lowest BCUT2D eigenvalue weighted by molar-refractivity contribution is 0.0697. The standard InChI is InChI=1S/C22H21N3O3/c1-14-23-20(10-21(26)24-14)17-12-25(13-17)11-15-6-8-16(9-7-15)18-4-2-3-5-19(18)22(27)28/h2-10,17H,11-13H2,1H3,(H,27,28)(H,23,24,26). The van der Waals surface area contributed by atoms with Gasteiger partial charge in [-0.15, -0.1) is 0 Å². The van der Waals surface area contributed by atoms with E-state index in [1.165, 1.54) is 5.56 Å². The van der Waals surface area contributed by atoms with E-state index in [1.54, 1.807) is 25.1 Å². The molecule has 6 heteroatoms. The normalized spacial score (nSPS) is 14.6. The Balaban J connectivity index is 1.41. The molecule has 3 aromatic rings. The van der Waals surface area contributed by atoms with Gasteiger partial charge in [-0.3, -0.25) is 9.69 Å². The first kappa shape index (κ1) is 18.1. The summed E-state index contributed by atoms with van der Waals surface area (Å²) in [5.41, 5.74) is 3.86. The number of rotatable bonds is 5. The molecule has 0 saturated carbocycles. The van der Waals surface area contributed by atoms with Gasteiger partial charge in [0, 0.05) is 31.6 Å². The van der Waals surface area contributed by atoms with Crippen LogP contribution in [-0.2, 0) is 6.54 Å². The fraction of sp³-hybridized carbons (Fsp3) is 0.227. The fourth-order valence-corrected chi connectivity index (χ4v) is 3.67. The van der Waals surface area contributed by atoms with Crippen LogP contribution in [0, 0.1) is 6.92 Å². The van der Waals surface area contributed by atoms with Crippen molar-refractivity contribution in [3.05, 3.63) is 87.6 Å². The first-order chi connectivity index (χ1) is 13.5. The molecule has 0 radical (unpaired) electrons. The van der Waals surface area contributed by atoms with Crippen molar-refractivity contribution in [2.75, 3.05) is 13.1 Å². The van der Waals surface area contributed by atoms with Gasteiger partial charge >= 0.3 is 5.97 Å². The summed E-state index contributed by atoms with van der Waals surface area (Å²) < 4.78 is 0. The zero-order valence-electron chi connectivity index (χ0n) is 15.6. The van der Waals surface area contributed by atoms with Gasteiger partial charge in [-0.25, -0.2) is 9.78 Å². The molecule has 0 unspecified atom stereocenters. The average molecular weight is 375 g/mol. The molecule has 1 aliphatic heterocycles. The number of aryl methyl sites for hydroxylation is 1. The lowest BCUT2D eigenvalue weighted by Crippen LogP contribution is -2.44. The number of H-pyrrole nitrogens is 1. The topological polar surface area (TPSA) is 86.3 Å². The highest BCUT2D eigenvalue weighted by Gasteiger charge is 2.29. The van der Waals surface area contributed by atoms with Crippen molar-refractivity contribution in [1.82, 2.24) is 14.9 Å². The summed E-state index contributed by atoms with van der Waals surface area (Å²) >= 11 is 0. The molecule has 1 fully saturated rings. The summed E-state index contributed by atoms with van der Waals surface area (Å²) in [5.74, 6) is 0.0239. The Hall–Kier alpha value is -3.25. The number of carbonyl (C=O) groups is 1. The number of nitrogens with zero attached hydrogens (tertiary/aromatic N) is 2. The van der Waals surface area contributed by atoms with Gasteiger partial charge < -0.3 is 10.1 Å². The van der Waals surface area contributed by atoms with Crippen LogP contribution in [0.5, 0.6) is 0 Å². The number of likely N-dealkylation sites (tertiary alicyclic amines) is 1. The van der Waals surface area contributed by atoms with Crippen LogP contribution in [0.1, 0.15) is 33.4 Å². The summed E-state index contributed by atoms with van der Waals surface area (Å²) in [4.78, 5) is 32.4. The predicted octanol–water partition coefficient (Wildman–Crippen LogP) is 3.04. The quantitative estimate of drug-likeness (QED) is 0.716. The molecule has 4 rings (SSSR count). The Kier molecular flexibility index (Phi) is 4.79. The Labute approximate surface area is 162 Å². The number of benzene rings is 2. The van der Waals surface area contributed by atoms with Gasteiger partial charge in [0.25, 0.3) is 5.56 Å². The number of carboxylic acids is 1. The van der Waals surface area contributed by atoms with E-state index in [-0.39, 0.29) is 5.56 Å². The molecule has 0 bridgehead atoms. The van der Waals surface area contributed by atoms with Crippen LogP contribution in [0.4, 0.5) is 0 Å². The zero-order valence-corrected chi connectivity index (χ0v) is 15.6. The monoisotopic (exact) mass is 375 g/mol. The number of nitrogens with one attached hydrogen (secondary N) is 1. The molecule has 142 valence electrons. The Morgan fingerprint density at radius 2 is 1.89 bits per heavy atom. The van der Waals surface area contributed by atoms with E-state index in [0.29, 0.717) is 17.3 Å². The number of carboxylic acid groups (broad SMARTS) is 1. The molecule has 0 atom stereocenters. The van der Waals surface area contributed by atoms with Crippen LogP contribution in [0.15, 0.2) is 59.4 Å². The van der Waals surface area contributed by atoms with Crippen LogP contribution in [0.2, 0.25) is 0 Å². The minimum Gasteiger partial charge on any atom is -0.478 e. The SMILES string of the molecule is Cc1nc(C2CN(Cc3ccc(-c4ccccc4C(=O)O)cc3)C2)cc(=O)[nH]1. The second kappa shape index (κ2) is 7.40. The molecule has 0 aliphatic carbocycles. The van der Waals surface area contributed by atoms with Crippen LogP contribution in [-0.4, -0.2) is 39.0 Å². The summed E-state index contributed by atoms with van der Waals surface area (Å²) in [6, 6.07) is 16.6. The summed E-state index contributed by atoms with van der Waals surface area (Å²) in [5, 5.41) is 9.36. The van der Waals surface area contributed by atoms with Crippen molar-refractivity contribution in [1.29, 1.82) is 0 Å². The fourth-order valence-electron chi connectivity index (χ4n) is 3.67. The minimum absolute atomic E-state index is 0.0989. The number of hydrogen-bond donors (Lipinski definition) is 2. The van der Waals surface area contributed by atoms with Gasteiger partial charge in [0.05, 0.1) is 11.3 Å². The molecule has 2 heterocycles. The third-order valence-electron chi connectivity index (χ3n) is 5.08. The first-order valence-corrected chi connectivity index (χ1v) is 9.21. The third-order valence-corrected chi connectivity index (χ3v) is 5.08. The van der Waals surface area contributed by atoms with Gasteiger partial charge in [0.1, 0.15) is 5.82 Å². The second-order valence-corrected chi connectivity index (χ2v) is 7.19. The molecular formula is C22H21N3O3. The van der Waals surface area contributed by atoms with E-state index in [2.05, 4.69) is 14.9 Å². The van der Waals surface area contributed by atoms with Crippen LogP contribution < -0.4 is 5.56 Å². The summed E-state index contributed by atoms with van der Waals surface area (Å²) in [6.45, 7) is 4.36. The Morgan fingerprint density at radius 3 is 2.57 bits per heavy atom. The van der Waals surface area contributed by atoms with E-state index in [1.807, 2.05) is 36.4 Å². The first-order valence-electron chi connectivity index (χ1n) is 9.21. The lowest BCUT2D eigenvalue weighted by Gasteiger charge is -2.39. The largest absolute Gasteiger partial charge is 0.478 e. The number of hydrogen-bond acceptors (Lipinski definition) is 4. The van der Waals surface area contributed by atoms with Crippen molar-refractivity contribution in [3.63, 3.8) is 0 Å². The molecule has 0 spiro atoms. The highest BCUT2D eigenvalue weighted by molar-refractivity contribution is 5.95. The maximum absolute atomic E-state index is 11.6. The molecule has 28 heavy (non-hydrogen) atoms. The van der Waals surface area contributed by atoms with Crippen LogP contribution in [0.3, 0.4) is 0 Å². The average Bonchev–Trinajstić information content (AvgIpc) is 2.64. The second-order valence-electron chi connectivity index (χ2n) is 7.19. The van der Waals surface area contributed by atoms with E-state index in [4.69, 9.17) is 0 Å². The third kappa shape index (κ3) is 3.73. The van der Waals surface area contributed by atoms with Gasteiger partial charge in [0.2, 0.25) is 0 Å². The molecule has 1 aliphatic rings. The highest BCUT2D eigenvalue weighted by Crippen LogP contribution is 2.28. The van der Waals surface area contributed by atoms with Crippen molar-refractivity contribution in [2.24, 2.45) is 0 Å². The predicted molar refractivity (Wildman–Crippen MR) is 106 cm³/mol. The summed E-state index contributed by atoms with van der Waals surface area (Å²) in [6.07, 6.45) is 0. The van der Waals surface area contributed by atoms with Crippen molar-refractivity contribution in [3.8, 4) is 11.1 Å². The maximum atomic E-state index is 11.6. The Bertz CT molecular complexity index is 1070. The van der Waals surface area contributed by atoms with Gasteiger partial charge in [-0.05, 0) is 29.7 Å². The lowest BCUT2D eigenvalue weighted by atomic mass is 9.94. The maximum Gasteiger partial charge on any atom is 0.336 e. The van der Waals surface area contributed by atoms with Gasteiger partial charge in [0.15, 0.2) is 0 Å². The molecule has 6 nitrogen and oxygen atoms in total. The molecule has 2 N–H and O–H groups in total. The van der Waals surface area contributed by atoms with Crippen LogP contribution >= 0.6 is 0 Å². The van der Waals surface area contributed by atoms with E-state index >= 15 is 0 Å². The molecule has 1 aromatic heterocycles. The van der Waals surface area contributed by atoms with Crippen molar-refractivity contribution >= 4 is 5.97 Å². The number of aromatic nitrogens is 2. The van der Waals surface area contributed by atoms with Gasteiger partial charge in [-0.1, -0.05) is 42.5 Å². The number of aromatic amines is 1. The zero-order chi connectivity index (χ0) is 19.7. The minimum atomic E-state index is -0.921. The van der Waals surface area contributed by atoms with Gasteiger partial charge in [-0.2, -0.15) is 0 Å². The smallest absolute Gasteiger partial charge is 0.336 e. The van der Waals surface area contributed by atoms with Crippen molar-refractivity contribution in [2.45, 2.75) is 19.4 Å². The molecular weight excluding hydrogens is 354 g/mol. The highest BCUT2D eigenvalue weighted by atomic mass is 16.4. The van der Waals surface area contributed by atoms with Crippen molar-refractivity contribution < 1.29 is 9.90 Å². The number of aromatic carboxylic acids is 1. The van der Waals surface area contributed by atoms with Crippen LogP contribution in [0.25, 0.3) is 11.1 Å². The molecule has 0 amide bonds. The van der Waals surface area contributed by atoms with E-state index < -0.39 is 5.97 Å². The Morgan fingerprint density at radius 1 is 1.18 bits per heavy atom.